The van der Waals surface area contributed by atoms with E-state index in [4.69, 9.17) is 4.74 Å². The summed E-state index contributed by atoms with van der Waals surface area (Å²) in [6.07, 6.45) is 2.74. The van der Waals surface area contributed by atoms with Crippen LogP contribution >= 0.6 is 23.1 Å². The van der Waals surface area contributed by atoms with E-state index in [1.165, 1.54) is 11.3 Å². The maximum Gasteiger partial charge on any atom is 0.263 e. The zero-order valence-electron chi connectivity index (χ0n) is 14.0. The van der Waals surface area contributed by atoms with Gasteiger partial charge in [0.05, 0.1) is 25.5 Å². The van der Waals surface area contributed by atoms with Gasteiger partial charge >= 0.3 is 0 Å². The molecule has 0 radical (unpaired) electrons. The molecule has 0 saturated heterocycles. The lowest BCUT2D eigenvalue weighted by atomic mass is 10.2. The Labute approximate surface area is 150 Å². The van der Waals surface area contributed by atoms with Crippen molar-refractivity contribution in [2.45, 2.75) is 19.4 Å². The van der Waals surface area contributed by atoms with Crippen LogP contribution in [0.5, 0.6) is 5.75 Å². The topological polar surface area (TPSA) is 71.5 Å². The highest BCUT2D eigenvalue weighted by Crippen LogP contribution is 2.30. The highest BCUT2D eigenvalue weighted by molar-refractivity contribution is 7.98. The van der Waals surface area contributed by atoms with Crippen LogP contribution in [0, 0.1) is 6.92 Å². The van der Waals surface area contributed by atoms with Gasteiger partial charge in [0.15, 0.2) is 0 Å². The molecule has 0 spiro atoms. The number of aliphatic hydroxyl groups is 1. The summed E-state index contributed by atoms with van der Waals surface area (Å²) in [6, 6.07) is 7.38. The number of thioether (sulfide) groups is 1. The zero-order valence-corrected chi connectivity index (χ0v) is 15.7. The minimum Gasteiger partial charge on any atom is -0.497 e. The van der Waals surface area contributed by atoms with Gasteiger partial charge in [-0.2, -0.15) is 11.8 Å². The minimum atomic E-state index is -0.230. The van der Waals surface area contributed by atoms with Gasteiger partial charge in [-0.25, -0.2) is 4.98 Å². The molecule has 0 unspecified atom stereocenters. The van der Waals surface area contributed by atoms with E-state index in [2.05, 4.69) is 10.3 Å². The molecule has 7 heteroatoms. The molecule has 2 rings (SSSR count). The predicted octanol–water partition coefficient (Wildman–Crippen LogP) is 2.97. The first-order valence-corrected chi connectivity index (χ1v) is 9.82. The lowest BCUT2D eigenvalue weighted by Gasteiger charge is -2.15. The number of hydrogen-bond acceptors (Lipinski definition) is 6. The van der Waals surface area contributed by atoms with E-state index < -0.39 is 0 Å². The van der Waals surface area contributed by atoms with Crippen molar-refractivity contribution in [1.29, 1.82) is 0 Å². The Balaban J connectivity index is 2.16. The van der Waals surface area contributed by atoms with Gasteiger partial charge in [-0.1, -0.05) is 12.1 Å². The van der Waals surface area contributed by atoms with Gasteiger partial charge in [-0.3, -0.25) is 4.79 Å². The maximum absolute atomic E-state index is 12.5. The van der Waals surface area contributed by atoms with Crippen molar-refractivity contribution < 1.29 is 14.6 Å². The number of rotatable bonds is 8. The van der Waals surface area contributed by atoms with Gasteiger partial charge in [0.25, 0.3) is 5.91 Å². The number of aromatic nitrogens is 1. The number of carbonyl (C=O) groups is 1. The number of amides is 1. The van der Waals surface area contributed by atoms with Crippen LogP contribution in [-0.2, 0) is 0 Å². The van der Waals surface area contributed by atoms with Crippen LogP contribution in [0.4, 0.5) is 0 Å². The largest absolute Gasteiger partial charge is 0.497 e. The summed E-state index contributed by atoms with van der Waals surface area (Å²) in [7, 11) is 1.62. The average molecular weight is 367 g/mol. The molecule has 24 heavy (non-hydrogen) atoms. The highest BCUT2D eigenvalue weighted by atomic mass is 32.2. The van der Waals surface area contributed by atoms with Crippen molar-refractivity contribution in [2.24, 2.45) is 0 Å². The third-order valence-electron chi connectivity index (χ3n) is 3.55. The summed E-state index contributed by atoms with van der Waals surface area (Å²) in [4.78, 5) is 17.6. The Bertz CT molecular complexity index is 688. The van der Waals surface area contributed by atoms with Crippen LogP contribution in [0.15, 0.2) is 24.3 Å². The molecule has 0 aliphatic heterocycles. The summed E-state index contributed by atoms with van der Waals surface area (Å²) >= 11 is 3.04. The summed E-state index contributed by atoms with van der Waals surface area (Å²) in [5.41, 5.74) is 1.61. The number of carbonyl (C=O) groups excluding carboxylic acids is 1. The second-order valence-corrected chi connectivity index (χ2v) is 7.28. The SMILES string of the molecule is COc1cccc(-c2nc(C)c(C(=O)N[C@@H](CO)CCSC)s2)c1. The van der Waals surface area contributed by atoms with E-state index >= 15 is 0 Å². The second kappa shape index (κ2) is 9.05. The highest BCUT2D eigenvalue weighted by Gasteiger charge is 2.19. The summed E-state index contributed by atoms with van der Waals surface area (Å²) in [5.74, 6) is 1.46. The minimum absolute atomic E-state index is 0.0626. The first-order valence-electron chi connectivity index (χ1n) is 7.61. The van der Waals surface area contributed by atoms with Gasteiger partial charge < -0.3 is 15.2 Å². The molecule has 0 saturated carbocycles. The Morgan fingerprint density at radius 3 is 2.96 bits per heavy atom. The lowest BCUT2D eigenvalue weighted by Crippen LogP contribution is -2.37. The van der Waals surface area contributed by atoms with E-state index in [9.17, 15) is 9.90 Å². The van der Waals surface area contributed by atoms with Crippen LogP contribution in [-0.4, -0.2) is 47.8 Å². The molecule has 0 bridgehead atoms. The second-order valence-electron chi connectivity index (χ2n) is 5.30. The molecule has 0 fully saturated rings. The van der Waals surface area contributed by atoms with E-state index in [0.29, 0.717) is 10.6 Å². The number of ether oxygens (including phenoxy) is 1. The van der Waals surface area contributed by atoms with Crippen molar-refractivity contribution in [3.05, 3.63) is 34.8 Å². The molecule has 2 N–H and O–H groups in total. The fraction of sp³-hybridized carbons (Fsp3) is 0.412. The smallest absolute Gasteiger partial charge is 0.263 e. The van der Waals surface area contributed by atoms with Crippen LogP contribution < -0.4 is 10.1 Å². The molecule has 0 aliphatic rings. The Kier molecular flexibility index (Phi) is 7.08. The molecule has 1 amide bonds. The Morgan fingerprint density at radius 2 is 2.29 bits per heavy atom. The fourth-order valence-electron chi connectivity index (χ4n) is 2.21. The normalized spacial score (nSPS) is 12.0. The maximum atomic E-state index is 12.5. The van der Waals surface area contributed by atoms with Gasteiger partial charge in [-0.05, 0) is 37.5 Å². The zero-order chi connectivity index (χ0) is 17.5. The fourth-order valence-corrected chi connectivity index (χ4v) is 3.69. The molecular weight excluding hydrogens is 344 g/mol. The molecule has 2 aromatic rings. The molecular formula is C17H22N2O3S2. The van der Waals surface area contributed by atoms with Gasteiger partial charge in [-0.15, -0.1) is 11.3 Å². The first-order chi connectivity index (χ1) is 11.6. The van der Waals surface area contributed by atoms with Crippen molar-refractivity contribution in [3.8, 4) is 16.3 Å². The molecule has 1 aromatic carbocycles. The quantitative estimate of drug-likeness (QED) is 0.751. The monoisotopic (exact) mass is 366 g/mol. The Hall–Kier alpha value is -1.57. The predicted molar refractivity (Wildman–Crippen MR) is 100 cm³/mol. The number of benzene rings is 1. The number of methoxy groups -OCH3 is 1. The molecule has 1 atom stereocenters. The van der Waals surface area contributed by atoms with E-state index in [-0.39, 0.29) is 18.6 Å². The third kappa shape index (κ3) is 4.72. The van der Waals surface area contributed by atoms with Crippen molar-refractivity contribution in [2.75, 3.05) is 25.7 Å². The van der Waals surface area contributed by atoms with Crippen LogP contribution in [0.1, 0.15) is 21.8 Å². The van der Waals surface area contributed by atoms with E-state index in [1.54, 1.807) is 18.9 Å². The van der Waals surface area contributed by atoms with E-state index in [0.717, 1.165) is 28.5 Å². The summed E-state index contributed by atoms with van der Waals surface area (Å²) in [5, 5.41) is 13.1. The molecule has 1 aromatic heterocycles. The molecule has 1 heterocycles. The van der Waals surface area contributed by atoms with Crippen molar-refractivity contribution in [3.63, 3.8) is 0 Å². The molecule has 130 valence electrons. The summed E-state index contributed by atoms with van der Waals surface area (Å²) < 4.78 is 5.23. The molecule has 5 nitrogen and oxygen atoms in total. The van der Waals surface area contributed by atoms with Gasteiger partial charge in [0.1, 0.15) is 15.6 Å². The standard InChI is InChI=1S/C17H22N2O3S2/c1-11-15(16(21)19-13(10-20)7-8-23-3)24-17(18-11)12-5-4-6-14(9-12)22-2/h4-6,9,13,20H,7-8,10H2,1-3H3,(H,19,21)/t13-/m1/s1. The lowest BCUT2D eigenvalue weighted by molar-refractivity contribution is 0.0918. The summed E-state index contributed by atoms with van der Waals surface area (Å²) in [6.45, 7) is 1.76. The number of hydrogen-bond donors (Lipinski definition) is 2. The van der Waals surface area contributed by atoms with E-state index in [1.807, 2.05) is 37.4 Å². The van der Waals surface area contributed by atoms with Gasteiger partial charge in [0, 0.05) is 5.56 Å². The number of nitrogens with zero attached hydrogens (tertiary/aromatic N) is 1. The third-order valence-corrected chi connectivity index (χ3v) is 5.39. The number of thiazole rings is 1. The molecule has 0 aliphatic carbocycles. The van der Waals surface area contributed by atoms with Crippen molar-refractivity contribution >= 4 is 29.0 Å². The first kappa shape index (κ1) is 18.8. The van der Waals surface area contributed by atoms with Gasteiger partial charge in [0.2, 0.25) is 0 Å². The number of nitrogens with one attached hydrogen (secondary N) is 1. The Morgan fingerprint density at radius 1 is 1.50 bits per heavy atom. The van der Waals surface area contributed by atoms with Crippen molar-refractivity contribution in [1.82, 2.24) is 10.3 Å². The van der Waals surface area contributed by atoms with Crippen LogP contribution in [0.25, 0.3) is 10.6 Å². The number of aryl methyl sites for hydroxylation is 1. The van der Waals surface area contributed by atoms with Crippen LogP contribution in [0.2, 0.25) is 0 Å². The van der Waals surface area contributed by atoms with Crippen LogP contribution in [0.3, 0.4) is 0 Å². The number of aliphatic hydroxyl groups excluding tert-OH is 1. The average Bonchev–Trinajstić information content (AvgIpc) is 3.00.